The van der Waals surface area contributed by atoms with Crippen molar-refractivity contribution in [3.8, 4) is 11.4 Å². The number of carbonyl (C=O) groups is 1. The minimum absolute atomic E-state index is 0.234. The number of rotatable bonds is 7. The number of pyridine rings is 1. The number of carbonyl (C=O) groups excluding carboxylic acids is 1. The Labute approximate surface area is 139 Å². The summed E-state index contributed by atoms with van der Waals surface area (Å²) in [6, 6.07) is 13.2. The van der Waals surface area contributed by atoms with Gasteiger partial charge < -0.3 is 9.26 Å². The number of benzene rings is 1. The lowest BCUT2D eigenvalue weighted by atomic mass is 10.2. The Bertz CT molecular complexity index is 772. The van der Waals surface area contributed by atoms with Crippen molar-refractivity contribution in [2.24, 2.45) is 0 Å². The molecule has 0 atom stereocenters. The molecule has 0 spiro atoms. The van der Waals surface area contributed by atoms with Gasteiger partial charge in [0.15, 0.2) is 0 Å². The molecule has 122 valence electrons. The minimum atomic E-state index is -0.234. The molecule has 3 aromatic rings. The third-order valence-corrected chi connectivity index (χ3v) is 3.38. The van der Waals surface area contributed by atoms with Crippen molar-refractivity contribution >= 4 is 5.97 Å². The summed E-state index contributed by atoms with van der Waals surface area (Å²) in [5.74, 6) is 0.801. The first kappa shape index (κ1) is 15.9. The highest BCUT2D eigenvalue weighted by molar-refractivity contribution is 5.72. The number of hydrogen-bond donors (Lipinski definition) is 0. The molecule has 0 saturated heterocycles. The number of esters is 1. The van der Waals surface area contributed by atoms with Crippen molar-refractivity contribution in [1.82, 2.24) is 15.1 Å². The van der Waals surface area contributed by atoms with Gasteiger partial charge in [0.05, 0.1) is 13.0 Å². The van der Waals surface area contributed by atoms with E-state index in [1.807, 2.05) is 42.5 Å². The molecule has 24 heavy (non-hydrogen) atoms. The van der Waals surface area contributed by atoms with Gasteiger partial charge in [-0.15, -0.1) is 0 Å². The van der Waals surface area contributed by atoms with Gasteiger partial charge in [0.1, 0.15) is 0 Å². The van der Waals surface area contributed by atoms with Crippen LogP contribution in [0.15, 0.2) is 59.4 Å². The third-order valence-electron chi connectivity index (χ3n) is 3.38. The molecule has 6 heteroatoms. The number of aromatic nitrogens is 3. The molecule has 1 aromatic carbocycles. The van der Waals surface area contributed by atoms with E-state index in [0.717, 1.165) is 11.1 Å². The second-order valence-corrected chi connectivity index (χ2v) is 5.24. The van der Waals surface area contributed by atoms with Crippen LogP contribution in [0, 0.1) is 0 Å². The number of aryl methyl sites for hydroxylation is 1. The quantitative estimate of drug-likeness (QED) is 0.491. The van der Waals surface area contributed by atoms with Crippen molar-refractivity contribution in [2.75, 3.05) is 6.61 Å². The smallest absolute Gasteiger partial charge is 0.310 e. The van der Waals surface area contributed by atoms with Crippen LogP contribution in [0.1, 0.15) is 17.9 Å². The lowest BCUT2D eigenvalue weighted by molar-refractivity contribution is -0.142. The minimum Gasteiger partial charge on any atom is -0.465 e. The molecular formula is C18H17N3O3. The van der Waals surface area contributed by atoms with E-state index < -0.39 is 0 Å². The van der Waals surface area contributed by atoms with Gasteiger partial charge in [0.2, 0.25) is 11.7 Å². The van der Waals surface area contributed by atoms with Crippen LogP contribution in [0.4, 0.5) is 0 Å². The first-order chi connectivity index (χ1) is 11.8. The highest BCUT2D eigenvalue weighted by Gasteiger charge is 2.09. The van der Waals surface area contributed by atoms with E-state index in [-0.39, 0.29) is 12.4 Å². The number of ether oxygens (including phenoxy) is 1. The fourth-order valence-corrected chi connectivity index (χ4v) is 2.19. The molecule has 0 fully saturated rings. The Morgan fingerprint density at radius 3 is 2.79 bits per heavy atom. The first-order valence-corrected chi connectivity index (χ1v) is 7.74. The molecule has 0 aliphatic rings. The zero-order valence-electron chi connectivity index (χ0n) is 13.1. The van der Waals surface area contributed by atoms with Gasteiger partial charge in [-0.25, -0.2) is 0 Å². The van der Waals surface area contributed by atoms with Crippen LogP contribution in [0.3, 0.4) is 0 Å². The fraction of sp³-hybridized carbons (Fsp3) is 0.222. The Balaban J connectivity index is 1.41. The van der Waals surface area contributed by atoms with E-state index >= 15 is 0 Å². The van der Waals surface area contributed by atoms with Crippen molar-refractivity contribution in [1.29, 1.82) is 0 Å². The maximum atomic E-state index is 11.7. The molecule has 6 nitrogen and oxygen atoms in total. The number of hydrogen-bond acceptors (Lipinski definition) is 6. The van der Waals surface area contributed by atoms with E-state index in [4.69, 9.17) is 9.26 Å². The average molecular weight is 323 g/mol. The second-order valence-electron chi connectivity index (χ2n) is 5.24. The molecular weight excluding hydrogens is 306 g/mol. The number of nitrogens with zero attached hydrogens (tertiary/aromatic N) is 3. The van der Waals surface area contributed by atoms with Crippen LogP contribution in [0.5, 0.6) is 0 Å². The van der Waals surface area contributed by atoms with E-state index in [2.05, 4.69) is 15.1 Å². The summed E-state index contributed by atoms with van der Waals surface area (Å²) in [5.41, 5.74) is 1.75. The van der Waals surface area contributed by atoms with E-state index in [1.54, 1.807) is 12.4 Å². The van der Waals surface area contributed by atoms with Crippen molar-refractivity contribution in [3.05, 3.63) is 66.3 Å². The van der Waals surface area contributed by atoms with Gasteiger partial charge in [0, 0.05) is 24.4 Å². The Hall–Kier alpha value is -3.02. The molecule has 2 heterocycles. The topological polar surface area (TPSA) is 78.1 Å². The van der Waals surface area contributed by atoms with Crippen LogP contribution >= 0.6 is 0 Å². The predicted octanol–water partition coefficient (Wildman–Crippen LogP) is 2.85. The molecule has 0 bridgehead atoms. The van der Waals surface area contributed by atoms with E-state index in [1.165, 1.54) is 0 Å². The van der Waals surface area contributed by atoms with E-state index in [0.29, 0.717) is 31.2 Å². The van der Waals surface area contributed by atoms with Crippen molar-refractivity contribution < 1.29 is 14.1 Å². The fourth-order valence-electron chi connectivity index (χ4n) is 2.19. The second kappa shape index (κ2) is 8.01. The van der Waals surface area contributed by atoms with Crippen molar-refractivity contribution in [2.45, 2.75) is 19.3 Å². The monoisotopic (exact) mass is 323 g/mol. The maximum Gasteiger partial charge on any atom is 0.310 e. The summed E-state index contributed by atoms with van der Waals surface area (Å²) >= 11 is 0. The zero-order valence-corrected chi connectivity index (χ0v) is 13.1. The van der Waals surface area contributed by atoms with Crippen LogP contribution in [0.25, 0.3) is 11.4 Å². The van der Waals surface area contributed by atoms with Gasteiger partial charge in [-0.3, -0.25) is 9.78 Å². The summed E-state index contributed by atoms with van der Waals surface area (Å²) in [5, 5.41) is 3.92. The predicted molar refractivity (Wildman–Crippen MR) is 87.0 cm³/mol. The van der Waals surface area contributed by atoms with Gasteiger partial charge in [-0.05, 0) is 24.1 Å². The van der Waals surface area contributed by atoms with Gasteiger partial charge >= 0.3 is 5.97 Å². The third kappa shape index (κ3) is 4.49. The molecule has 0 N–H and O–H groups in total. The summed E-state index contributed by atoms with van der Waals surface area (Å²) < 4.78 is 10.4. The molecule has 0 amide bonds. The lowest BCUT2D eigenvalue weighted by Gasteiger charge is -2.03. The van der Waals surface area contributed by atoms with Crippen LogP contribution < -0.4 is 0 Å². The largest absolute Gasteiger partial charge is 0.465 e. The van der Waals surface area contributed by atoms with Gasteiger partial charge in [0.25, 0.3) is 0 Å². The lowest BCUT2D eigenvalue weighted by Crippen LogP contribution is -2.09. The Kier molecular flexibility index (Phi) is 5.29. The molecule has 3 rings (SSSR count). The molecule has 0 unspecified atom stereocenters. The standard InChI is InChI=1S/C18H17N3O3/c22-17(12-14-6-2-1-3-7-14)23-11-5-9-16-20-18(21-24-16)15-8-4-10-19-13-15/h1-4,6-8,10,13H,5,9,11-12H2. The van der Waals surface area contributed by atoms with E-state index in [9.17, 15) is 4.79 Å². The SMILES string of the molecule is O=C(Cc1ccccc1)OCCCc1nc(-c2cccnc2)no1. The molecule has 0 saturated carbocycles. The highest BCUT2D eigenvalue weighted by atomic mass is 16.5. The van der Waals surface area contributed by atoms with Crippen LogP contribution in [-0.2, 0) is 22.4 Å². The first-order valence-electron chi connectivity index (χ1n) is 7.74. The molecule has 0 aliphatic carbocycles. The maximum absolute atomic E-state index is 11.7. The van der Waals surface area contributed by atoms with Gasteiger partial charge in [-0.2, -0.15) is 4.98 Å². The summed E-state index contributed by atoms with van der Waals surface area (Å²) in [7, 11) is 0. The zero-order chi connectivity index (χ0) is 16.6. The average Bonchev–Trinajstić information content (AvgIpc) is 3.09. The summed E-state index contributed by atoms with van der Waals surface area (Å²) in [4.78, 5) is 20.1. The molecule has 2 aromatic heterocycles. The summed E-state index contributed by atoms with van der Waals surface area (Å²) in [6.07, 6.45) is 4.85. The van der Waals surface area contributed by atoms with Crippen LogP contribution in [-0.4, -0.2) is 27.7 Å². The Morgan fingerprint density at radius 2 is 2.00 bits per heavy atom. The van der Waals surface area contributed by atoms with Gasteiger partial charge in [-0.1, -0.05) is 35.5 Å². The highest BCUT2D eigenvalue weighted by Crippen LogP contribution is 2.14. The normalized spacial score (nSPS) is 10.5. The molecule has 0 aliphatic heterocycles. The Morgan fingerprint density at radius 1 is 1.12 bits per heavy atom. The molecule has 0 radical (unpaired) electrons. The van der Waals surface area contributed by atoms with Crippen LogP contribution in [0.2, 0.25) is 0 Å². The van der Waals surface area contributed by atoms with Crippen molar-refractivity contribution in [3.63, 3.8) is 0 Å². The summed E-state index contributed by atoms with van der Waals surface area (Å²) in [6.45, 7) is 0.330.